The predicted octanol–water partition coefficient (Wildman–Crippen LogP) is 3.65. The number of amides is 3. The van der Waals surface area contributed by atoms with Crippen molar-refractivity contribution in [1.82, 2.24) is 9.80 Å². The van der Waals surface area contributed by atoms with Crippen molar-refractivity contribution in [3.8, 4) is 11.5 Å². The maximum Gasteiger partial charge on any atom is 0.261 e. The van der Waals surface area contributed by atoms with E-state index in [1.807, 2.05) is 25.1 Å². The van der Waals surface area contributed by atoms with E-state index in [1.165, 1.54) is 4.90 Å². The predicted molar refractivity (Wildman–Crippen MR) is 117 cm³/mol. The van der Waals surface area contributed by atoms with Crippen LogP contribution in [-0.2, 0) is 11.3 Å². The quantitative estimate of drug-likeness (QED) is 0.558. The normalized spacial score (nSPS) is 14.6. The van der Waals surface area contributed by atoms with Gasteiger partial charge in [-0.15, -0.1) is 0 Å². The SMILES string of the molecule is CCN(Cc1cccc2c1OCCO2)C(=O)CCCN1C(=O)c2ccc(Br)cc2C1=O. The van der Waals surface area contributed by atoms with Gasteiger partial charge < -0.3 is 14.4 Å². The van der Waals surface area contributed by atoms with Crippen LogP contribution in [0.1, 0.15) is 46.0 Å². The molecule has 31 heavy (non-hydrogen) atoms. The summed E-state index contributed by atoms with van der Waals surface area (Å²) in [6.45, 7) is 4.10. The van der Waals surface area contributed by atoms with Crippen molar-refractivity contribution < 1.29 is 23.9 Å². The van der Waals surface area contributed by atoms with Gasteiger partial charge in [-0.25, -0.2) is 0 Å². The number of carbonyl (C=O) groups excluding carboxylic acids is 3. The van der Waals surface area contributed by atoms with Crippen LogP contribution in [0, 0.1) is 0 Å². The number of benzene rings is 2. The second-order valence-corrected chi connectivity index (χ2v) is 8.32. The van der Waals surface area contributed by atoms with Crippen molar-refractivity contribution in [3.05, 3.63) is 57.6 Å². The van der Waals surface area contributed by atoms with E-state index in [0.717, 1.165) is 10.0 Å². The summed E-state index contributed by atoms with van der Waals surface area (Å²) in [5.41, 5.74) is 1.71. The van der Waals surface area contributed by atoms with Gasteiger partial charge in [0.05, 0.1) is 11.1 Å². The monoisotopic (exact) mass is 486 g/mol. The molecular formula is C23H23BrN2O5. The van der Waals surface area contributed by atoms with Crippen molar-refractivity contribution in [3.63, 3.8) is 0 Å². The Labute approximate surface area is 189 Å². The Balaban J connectivity index is 1.35. The summed E-state index contributed by atoms with van der Waals surface area (Å²) in [5.74, 6) is 0.743. The Kier molecular flexibility index (Phi) is 6.27. The lowest BCUT2D eigenvalue weighted by Crippen LogP contribution is -2.33. The standard InChI is InChI=1S/C23H23BrN2O5/c1-2-25(14-15-5-3-6-19-21(15)31-12-11-30-19)20(27)7-4-10-26-22(28)17-9-8-16(24)13-18(17)23(26)29/h3,5-6,8-9,13H,2,4,7,10-12,14H2,1H3. The molecule has 8 heteroatoms. The van der Waals surface area contributed by atoms with Gasteiger partial charge in [-0.3, -0.25) is 19.3 Å². The van der Waals surface area contributed by atoms with E-state index in [2.05, 4.69) is 15.9 Å². The minimum absolute atomic E-state index is 0.0313. The van der Waals surface area contributed by atoms with E-state index in [1.54, 1.807) is 23.1 Å². The lowest BCUT2D eigenvalue weighted by molar-refractivity contribution is -0.131. The maximum atomic E-state index is 12.8. The molecule has 0 saturated carbocycles. The third kappa shape index (κ3) is 4.30. The molecule has 0 atom stereocenters. The van der Waals surface area contributed by atoms with Crippen LogP contribution in [-0.4, -0.2) is 53.8 Å². The van der Waals surface area contributed by atoms with Gasteiger partial charge in [0.2, 0.25) is 5.91 Å². The molecule has 0 N–H and O–H groups in total. The Morgan fingerprint density at radius 3 is 2.68 bits per heavy atom. The lowest BCUT2D eigenvalue weighted by atomic mass is 10.1. The molecule has 3 amide bonds. The van der Waals surface area contributed by atoms with E-state index in [0.29, 0.717) is 55.4 Å². The molecule has 0 aliphatic carbocycles. The highest BCUT2D eigenvalue weighted by Gasteiger charge is 2.35. The second-order valence-electron chi connectivity index (χ2n) is 7.40. The first-order valence-electron chi connectivity index (χ1n) is 10.3. The molecule has 2 aliphatic rings. The molecule has 7 nitrogen and oxygen atoms in total. The summed E-state index contributed by atoms with van der Waals surface area (Å²) in [5, 5.41) is 0. The summed E-state index contributed by atoms with van der Waals surface area (Å²) in [6.07, 6.45) is 0.659. The van der Waals surface area contributed by atoms with Crippen molar-refractivity contribution in [2.75, 3.05) is 26.3 Å². The zero-order chi connectivity index (χ0) is 22.0. The summed E-state index contributed by atoms with van der Waals surface area (Å²) in [7, 11) is 0. The van der Waals surface area contributed by atoms with Gasteiger partial charge in [0, 0.05) is 36.1 Å². The van der Waals surface area contributed by atoms with Crippen LogP contribution >= 0.6 is 15.9 Å². The van der Waals surface area contributed by atoms with Crippen LogP contribution in [0.5, 0.6) is 11.5 Å². The van der Waals surface area contributed by atoms with Gasteiger partial charge >= 0.3 is 0 Å². The molecule has 0 fully saturated rings. The number of carbonyl (C=O) groups is 3. The second kappa shape index (κ2) is 9.09. The van der Waals surface area contributed by atoms with Gasteiger partial charge in [-0.2, -0.15) is 0 Å². The zero-order valence-electron chi connectivity index (χ0n) is 17.2. The minimum Gasteiger partial charge on any atom is -0.486 e. The molecule has 162 valence electrons. The fourth-order valence-electron chi connectivity index (χ4n) is 3.85. The number of fused-ring (bicyclic) bond motifs is 2. The maximum absolute atomic E-state index is 12.8. The molecule has 2 heterocycles. The highest BCUT2D eigenvalue weighted by Crippen LogP contribution is 2.34. The number of rotatable bonds is 7. The molecule has 2 aliphatic heterocycles. The highest BCUT2D eigenvalue weighted by molar-refractivity contribution is 9.10. The van der Waals surface area contributed by atoms with Crippen LogP contribution in [0.25, 0.3) is 0 Å². The van der Waals surface area contributed by atoms with Gasteiger partial charge in [0.25, 0.3) is 11.8 Å². The lowest BCUT2D eigenvalue weighted by Gasteiger charge is -2.25. The van der Waals surface area contributed by atoms with Crippen molar-refractivity contribution in [2.24, 2.45) is 0 Å². The Hall–Kier alpha value is -2.87. The van der Waals surface area contributed by atoms with E-state index < -0.39 is 0 Å². The molecule has 0 aromatic heterocycles. The fourth-order valence-corrected chi connectivity index (χ4v) is 4.21. The molecule has 0 unspecified atom stereocenters. The fraction of sp³-hybridized carbons (Fsp3) is 0.348. The van der Waals surface area contributed by atoms with Gasteiger partial charge in [-0.05, 0) is 37.6 Å². The first-order chi connectivity index (χ1) is 15.0. The molecule has 0 bridgehead atoms. The summed E-state index contributed by atoms with van der Waals surface area (Å²) < 4.78 is 12.1. The smallest absolute Gasteiger partial charge is 0.261 e. The van der Waals surface area contributed by atoms with Gasteiger partial charge in [-0.1, -0.05) is 28.1 Å². The molecule has 0 radical (unpaired) electrons. The number of hydrogen-bond acceptors (Lipinski definition) is 5. The number of nitrogens with zero attached hydrogens (tertiary/aromatic N) is 2. The van der Waals surface area contributed by atoms with Crippen molar-refractivity contribution in [1.29, 1.82) is 0 Å². The third-order valence-corrected chi connectivity index (χ3v) is 5.94. The molecule has 0 saturated heterocycles. The largest absolute Gasteiger partial charge is 0.486 e. The van der Waals surface area contributed by atoms with E-state index >= 15 is 0 Å². The van der Waals surface area contributed by atoms with E-state index in [-0.39, 0.29) is 30.7 Å². The number of ether oxygens (including phenoxy) is 2. The zero-order valence-corrected chi connectivity index (χ0v) is 18.8. The van der Waals surface area contributed by atoms with E-state index in [9.17, 15) is 14.4 Å². The molecular weight excluding hydrogens is 464 g/mol. The van der Waals surface area contributed by atoms with Crippen molar-refractivity contribution >= 4 is 33.7 Å². The number of para-hydroxylation sites is 1. The number of hydrogen-bond donors (Lipinski definition) is 0. The highest BCUT2D eigenvalue weighted by atomic mass is 79.9. The topological polar surface area (TPSA) is 76.2 Å². The Morgan fingerprint density at radius 2 is 1.87 bits per heavy atom. The van der Waals surface area contributed by atoms with Crippen molar-refractivity contribution in [2.45, 2.75) is 26.3 Å². The van der Waals surface area contributed by atoms with Crippen LogP contribution in [0.3, 0.4) is 0 Å². The van der Waals surface area contributed by atoms with E-state index in [4.69, 9.17) is 9.47 Å². The van der Waals surface area contributed by atoms with Crippen LogP contribution < -0.4 is 9.47 Å². The minimum atomic E-state index is -0.311. The van der Waals surface area contributed by atoms with Crippen LogP contribution in [0.4, 0.5) is 0 Å². The molecule has 0 spiro atoms. The summed E-state index contributed by atoms with van der Waals surface area (Å²) >= 11 is 3.33. The first kappa shape index (κ1) is 21.4. The third-order valence-electron chi connectivity index (χ3n) is 5.45. The number of imide groups is 1. The average molecular weight is 487 g/mol. The molecule has 4 rings (SSSR count). The van der Waals surface area contributed by atoms with Gasteiger partial charge in [0.1, 0.15) is 13.2 Å². The first-order valence-corrected chi connectivity index (χ1v) is 11.1. The summed E-state index contributed by atoms with van der Waals surface area (Å²) in [6, 6.07) is 10.7. The Bertz CT molecular complexity index is 1040. The average Bonchev–Trinajstić information content (AvgIpc) is 3.01. The number of halogens is 1. The van der Waals surface area contributed by atoms with Gasteiger partial charge in [0.15, 0.2) is 11.5 Å². The summed E-state index contributed by atoms with van der Waals surface area (Å²) in [4.78, 5) is 40.9. The van der Waals surface area contributed by atoms with Crippen LogP contribution in [0.2, 0.25) is 0 Å². The molecule has 2 aromatic rings. The Morgan fingerprint density at radius 1 is 1.10 bits per heavy atom. The van der Waals surface area contributed by atoms with Crippen LogP contribution in [0.15, 0.2) is 40.9 Å². The molecule has 2 aromatic carbocycles.